The Morgan fingerprint density at radius 1 is 0.396 bits per heavy atom. The van der Waals surface area contributed by atoms with Crippen molar-refractivity contribution in [1.82, 2.24) is 15.0 Å². The predicted molar refractivity (Wildman–Crippen MR) is 198 cm³/mol. The maximum atomic E-state index is 7.88. The standard InChI is InChI=1S/C44H26N4/c1-45-37-19-21-39-41(25-37)43(36-17-13-29-7-3-5-9-33(29)23-36)38-20-18-34(30-10-14-31(15-11-30)44-47-26-46-27-48-44)24-40(38)42(39)35-16-12-28-6-2-4-8-32(28)22-35/h2-27H. The largest absolute Gasteiger partial charge is 0.238 e. The van der Waals surface area contributed by atoms with Gasteiger partial charge in [-0.1, -0.05) is 121 Å². The van der Waals surface area contributed by atoms with E-state index < -0.39 is 0 Å². The van der Waals surface area contributed by atoms with Gasteiger partial charge in [0.15, 0.2) is 11.5 Å². The second-order valence-corrected chi connectivity index (χ2v) is 12.0. The molecule has 0 unspecified atom stereocenters. The molecule has 0 radical (unpaired) electrons. The molecule has 222 valence electrons. The fourth-order valence-corrected chi connectivity index (χ4v) is 6.98. The van der Waals surface area contributed by atoms with Crippen molar-refractivity contribution >= 4 is 48.8 Å². The Balaban J connectivity index is 1.35. The normalized spacial score (nSPS) is 11.3. The van der Waals surface area contributed by atoms with Crippen molar-refractivity contribution in [3.8, 4) is 44.8 Å². The van der Waals surface area contributed by atoms with E-state index in [9.17, 15) is 0 Å². The van der Waals surface area contributed by atoms with E-state index in [0.29, 0.717) is 11.5 Å². The summed E-state index contributed by atoms with van der Waals surface area (Å²) in [7, 11) is 0. The predicted octanol–water partition coefficient (Wildman–Crippen LogP) is 11.7. The number of hydrogen-bond donors (Lipinski definition) is 0. The molecule has 0 fully saturated rings. The Morgan fingerprint density at radius 3 is 1.50 bits per heavy atom. The van der Waals surface area contributed by atoms with E-state index in [2.05, 4.69) is 159 Å². The highest BCUT2D eigenvalue weighted by Crippen LogP contribution is 2.46. The molecule has 0 atom stereocenters. The lowest BCUT2D eigenvalue weighted by Gasteiger charge is -2.20. The van der Waals surface area contributed by atoms with E-state index in [0.717, 1.165) is 60.5 Å². The van der Waals surface area contributed by atoms with E-state index in [-0.39, 0.29) is 0 Å². The average molecular weight is 611 g/mol. The number of rotatable bonds is 4. The number of hydrogen-bond acceptors (Lipinski definition) is 3. The summed E-state index contributed by atoms with van der Waals surface area (Å²) >= 11 is 0. The Labute approximate surface area is 277 Å². The van der Waals surface area contributed by atoms with Crippen LogP contribution in [0.15, 0.2) is 158 Å². The molecule has 9 aromatic rings. The second-order valence-electron chi connectivity index (χ2n) is 12.0. The van der Waals surface area contributed by atoms with Crippen LogP contribution in [0.5, 0.6) is 0 Å². The molecule has 0 N–H and O–H groups in total. The van der Waals surface area contributed by atoms with Crippen LogP contribution in [0.2, 0.25) is 0 Å². The van der Waals surface area contributed by atoms with E-state index in [4.69, 9.17) is 6.57 Å². The molecule has 0 aliphatic carbocycles. The van der Waals surface area contributed by atoms with Gasteiger partial charge in [0.05, 0.1) is 6.57 Å². The highest BCUT2D eigenvalue weighted by atomic mass is 15.0. The van der Waals surface area contributed by atoms with Gasteiger partial charge in [0, 0.05) is 5.56 Å². The molecule has 1 aromatic heterocycles. The van der Waals surface area contributed by atoms with Gasteiger partial charge in [-0.3, -0.25) is 0 Å². The zero-order valence-electron chi connectivity index (χ0n) is 25.8. The highest BCUT2D eigenvalue weighted by molar-refractivity contribution is 6.23. The first-order valence-corrected chi connectivity index (χ1v) is 15.9. The smallest absolute Gasteiger partial charge is 0.187 e. The summed E-state index contributed by atoms with van der Waals surface area (Å²) < 4.78 is 0. The van der Waals surface area contributed by atoms with Crippen molar-refractivity contribution < 1.29 is 0 Å². The molecule has 0 aliphatic heterocycles. The van der Waals surface area contributed by atoms with Crippen LogP contribution in [0.4, 0.5) is 5.69 Å². The van der Waals surface area contributed by atoms with Crippen molar-refractivity contribution in [2.75, 3.05) is 0 Å². The quantitative estimate of drug-likeness (QED) is 0.147. The highest BCUT2D eigenvalue weighted by Gasteiger charge is 2.19. The Morgan fingerprint density at radius 2 is 0.896 bits per heavy atom. The van der Waals surface area contributed by atoms with Gasteiger partial charge < -0.3 is 0 Å². The Hall–Kier alpha value is -6.70. The maximum Gasteiger partial charge on any atom is 0.187 e. The summed E-state index contributed by atoms with van der Waals surface area (Å²) in [5.74, 6) is 0.652. The molecule has 1 heterocycles. The number of aromatic nitrogens is 3. The molecule has 0 saturated heterocycles. The SMILES string of the molecule is [C-]#[N+]c1ccc2c(-c3ccc4ccccc4c3)c3cc(-c4ccc(-c5ncncn5)cc4)ccc3c(-c3ccc4ccccc4c3)c2c1. The molecule has 0 aliphatic rings. The van der Waals surface area contributed by atoms with Gasteiger partial charge in [0.25, 0.3) is 0 Å². The molecule has 8 aromatic carbocycles. The first-order valence-electron chi connectivity index (χ1n) is 15.9. The van der Waals surface area contributed by atoms with Gasteiger partial charge in [-0.05, 0) is 101 Å². The second kappa shape index (κ2) is 11.3. The van der Waals surface area contributed by atoms with Gasteiger partial charge >= 0.3 is 0 Å². The lowest BCUT2D eigenvalue weighted by molar-refractivity contribution is 1.06. The van der Waals surface area contributed by atoms with Gasteiger partial charge in [-0.2, -0.15) is 0 Å². The van der Waals surface area contributed by atoms with Crippen LogP contribution in [0, 0.1) is 6.57 Å². The topological polar surface area (TPSA) is 43.0 Å². The zero-order valence-corrected chi connectivity index (χ0v) is 25.8. The third-order valence-electron chi connectivity index (χ3n) is 9.28. The third kappa shape index (κ3) is 4.65. The molecule has 9 rings (SSSR count). The molecule has 4 heteroatoms. The minimum absolute atomic E-state index is 0.628. The summed E-state index contributed by atoms with van der Waals surface area (Å²) in [6.45, 7) is 7.88. The van der Waals surface area contributed by atoms with Crippen LogP contribution >= 0.6 is 0 Å². The molecule has 4 nitrogen and oxygen atoms in total. The Kier molecular flexibility index (Phi) is 6.48. The molecule has 0 saturated carbocycles. The number of benzene rings is 8. The molecular weight excluding hydrogens is 585 g/mol. The van der Waals surface area contributed by atoms with Gasteiger partial charge in [0.1, 0.15) is 12.7 Å². The summed E-state index contributed by atoms with van der Waals surface area (Å²) in [5.41, 5.74) is 8.37. The molecule has 0 spiro atoms. The summed E-state index contributed by atoms with van der Waals surface area (Å²) in [4.78, 5) is 16.4. The first kappa shape index (κ1) is 27.6. The van der Waals surface area contributed by atoms with E-state index in [1.54, 1.807) is 0 Å². The maximum absolute atomic E-state index is 7.88. The first-order chi connectivity index (χ1) is 23.7. The summed E-state index contributed by atoms with van der Waals surface area (Å²) in [6.07, 6.45) is 3.04. The fraction of sp³-hybridized carbons (Fsp3) is 0. The van der Waals surface area contributed by atoms with E-state index in [1.807, 2.05) is 6.07 Å². The van der Waals surface area contributed by atoms with Gasteiger partial charge in [-0.25, -0.2) is 19.8 Å². The zero-order chi connectivity index (χ0) is 32.0. The van der Waals surface area contributed by atoms with Crippen LogP contribution in [-0.2, 0) is 0 Å². The van der Waals surface area contributed by atoms with Crippen molar-refractivity contribution in [2.24, 2.45) is 0 Å². The van der Waals surface area contributed by atoms with E-state index in [1.165, 1.54) is 34.2 Å². The summed E-state index contributed by atoms with van der Waals surface area (Å²) in [5, 5.41) is 9.29. The van der Waals surface area contributed by atoms with Gasteiger partial charge in [-0.15, -0.1) is 0 Å². The van der Waals surface area contributed by atoms with Crippen LogP contribution < -0.4 is 0 Å². The Bertz CT molecular complexity index is 2730. The molecule has 0 amide bonds. The van der Waals surface area contributed by atoms with Crippen molar-refractivity contribution in [1.29, 1.82) is 0 Å². The number of nitrogens with zero attached hydrogens (tertiary/aromatic N) is 4. The van der Waals surface area contributed by atoms with E-state index >= 15 is 0 Å². The minimum atomic E-state index is 0.628. The van der Waals surface area contributed by atoms with Crippen molar-refractivity contribution in [3.63, 3.8) is 0 Å². The monoisotopic (exact) mass is 610 g/mol. The molecular formula is C44H26N4. The van der Waals surface area contributed by atoms with Crippen molar-refractivity contribution in [2.45, 2.75) is 0 Å². The van der Waals surface area contributed by atoms with Crippen LogP contribution in [0.25, 0.3) is 92.7 Å². The number of fused-ring (bicyclic) bond motifs is 4. The molecule has 0 bridgehead atoms. The minimum Gasteiger partial charge on any atom is -0.238 e. The molecule has 48 heavy (non-hydrogen) atoms. The van der Waals surface area contributed by atoms with Gasteiger partial charge in [0.2, 0.25) is 0 Å². The third-order valence-corrected chi connectivity index (χ3v) is 9.28. The lowest BCUT2D eigenvalue weighted by Crippen LogP contribution is -1.92. The fourth-order valence-electron chi connectivity index (χ4n) is 6.98. The summed E-state index contributed by atoms with van der Waals surface area (Å²) in [6, 6.07) is 51.7. The average Bonchev–Trinajstić information content (AvgIpc) is 3.16. The van der Waals surface area contributed by atoms with Crippen molar-refractivity contribution in [3.05, 3.63) is 170 Å². The van der Waals surface area contributed by atoms with Crippen LogP contribution in [0.3, 0.4) is 0 Å². The van der Waals surface area contributed by atoms with Crippen LogP contribution in [-0.4, -0.2) is 15.0 Å². The lowest BCUT2D eigenvalue weighted by atomic mass is 9.84. The van der Waals surface area contributed by atoms with Crippen LogP contribution in [0.1, 0.15) is 0 Å².